The summed E-state index contributed by atoms with van der Waals surface area (Å²) in [6, 6.07) is 3.84. The lowest BCUT2D eigenvalue weighted by molar-refractivity contribution is -0.385. The van der Waals surface area contributed by atoms with Crippen LogP contribution in [0, 0.1) is 44.4 Å². The zero-order chi connectivity index (χ0) is 15.3. The number of halogens is 2. The van der Waals surface area contributed by atoms with Crippen molar-refractivity contribution in [3.8, 4) is 12.1 Å². The van der Waals surface area contributed by atoms with Gasteiger partial charge in [0.15, 0.2) is 11.6 Å². The Labute approximate surface area is 111 Å². The molecule has 0 fully saturated rings. The molecule has 0 aromatic heterocycles. The number of benzene rings is 1. The lowest BCUT2D eigenvalue weighted by Crippen LogP contribution is -2.32. The maximum atomic E-state index is 13.1. The minimum Gasteiger partial charge on any atom is -0.312 e. The largest absolute Gasteiger partial charge is 0.312 e. The molecular weight excluding hydrogens is 274 g/mol. The minimum atomic E-state index is -1.47. The number of nitro benzene ring substituents is 1. The zero-order valence-electron chi connectivity index (χ0n) is 9.84. The predicted molar refractivity (Wildman–Crippen MR) is 60.1 cm³/mol. The normalized spacial score (nSPS) is 9.40. The summed E-state index contributed by atoms with van der Waals surface area (Å²) in [6.45, 7) is -1.02. The van der Waals surface area contributed by atoms with Crippen LogP contribution in [0.1, 0.15) is 10.4 Å². The predicted octanol–water partition coefficient (Wildman–Crippen LogP) is 1.36. The summed E-state index contributed by atoms with van der Waals surface area (Å²) >= 11 is 0. The van der Waals surface area contributed by atoms with E-state index >= 15 is 0 Å². The second kappa shape index (κ2) is 6.20. The zero-order valence-corrected chi connectivity index (χ0v) is 9.84. The van der Waals surface area contributed by atoms with E-state index in [0.29, 0.717) is 11.0 Å². The molecular formula is C11H6F2N4O3. The summed E-state index contributed by atoms with van der Waals surface area (Å²) in [6.07, 6.45) is 0. The van der Waals surface area contributed by atoms with Crippen LogP contribution in [0.4, 0.5) is 14.5 Å². The van der Waals surface area contributed by atoms with Crippen molar-refractivity contribution in [2.45, 2.75) is 0 Å². The molecule has 0 atom stereocenters. The number of carbonyl (C=O) groups excluding carboxylic acids is 1. The number of hydrogen-bond donors (Lipinski definition) is 0. The average molecular weight is 280 g/mol. The molecule has 0 aliphatic carbocycles. The molecule has 102 valence electrons. The molecule has 20 heavy (non-hydrogen) atoms. The fourth-order valence-corrected chi connectivity index (χ4v) is 1.40. The van der Waals surface area contributed by atoms with Crippen LogP contribution in [0.15, 0.2) is 12.1 Å². The highest BCUT2D eigenvalue weighted by Gasteiger charge is 2.27. The molecule has 1 aromatic carbocycles. The molecule has 0 spiro atoms. The van der Waals surface area contributed by atoms with Crippen LogP contribution in [-0.2, 0) is 0 Å². The number of amides is 1. The Kier molecular flexibility index (Phi) is 4.65. The van der Waals surface area contributed by atoms with Gasteiger partial charge in [0, 0.05) is 0 Å². The first kappa shape index (κ1) is 15.0. The number of hydrogen-bond acceptors (Lipinski definition) is 5. The van der Waals surface area contributed by atoms with Gasteiger partial charge >= 0.3 is 0 Å². The van der Waals surface area contributed by atoms with Crippen molar-refractivity contribution < 1.29 is 18.5 Å². The molecule has 9 heteroatoms. The van der Waals surface area contributed by atoms with E-state index in [0.717, 1.165) is 0 Å². The standard InChI is InChI=1S/C11H6F2N4O3/c12-8-5-7(10(17(19)20)6-9(8)13)11(18)16(3-1-14)4-2-15/h5-6H,3-4H2. The second-order valence-electron chi connectivity index (χ2n) is 3.52. The van der Waals surface area contributed by atoms with E-state index in [1.165, 1.54) is 0 Å². The van der Waals surface area contributed by atoms with Crippen LogP contribution in [0.25, 0.3) is 0 Å². The van der Waals surface area contributed by atoms with Crippen LogP contribution in [0.3, 0.4) is 0 Å². The van der Waals surface area contributed by atoms with E-state index in [2.05, 4.69) is 0 Å². The summed E-state index contributed by atoms with van der Waals surface area (Å²) in [5.74, 6) is -4.01. The lowest BCUT2D eigenvalue weighted by atomic mass is 10.1. The van der Waals surface area contributed by atoms with Gasteiger partial charge in [-0.15, -0.1) is 0 Å². The van der Waals surface area contributed by atoms with Gasteiger partial charge in [0.05, 0.1) is 23.1 Å². The quantitative estimate of drug-likeness (QED) is 0.469. The second-order valence-corrected chi connectivity index (χ2v) is 3.52. The van der Waals surface area contributed by atoms with Gasteiger partial charge in [-0.3, -0.25) is 14.9 Å². The number of nitrogens with zero attached hydrogens (tertiary/aromatic N) is 4. The lowest BCUT2D eigenvalue weighted by Gasteiger charge is -2.15. The van der Waals surface area contributed by atoms with Crippen molar-refractivity contribution in [1.29, 1.82) is 10.5 Å². The van der Waals surface area contributed by atoms with Gasteiger partial charge in [-0.05, 0) is 6.07 Å². The SMILES string of the molecule is N#CCN(CC#N)C(=O)c1cc(F)c(F)cc1[N+](=O)[O-]. The Morgan fingerprint density at radius 1 is 1.25 bits per heavy atom. The van der Waals surface area contributed by atoms with Crippen LogP contribution in [0.2, 0.25) is 0 Å². The van der Waals surface area contributed by atoms with Gasteiger partial charge in [0.2, 0.25) is 0 Å². The summed E-state index contributed by atoms with van der Waals surface area (Å²) in [5, 5.41) is 27.8. The number of nitro groups is 1. The number of carbonyl (C=O) groups is 1. The molecule has 0 radical (unpaired) electrons. The number of nitriles is 2. The van der Waals surface area contributed by atoms with E-state index in [-0.39, 0.29) is 6.07 Å². The summed E-state index contributed by atoms with van der Waals surface area (Å²) in [4.78, 5) is 22.3. The van der Waals surface area contributed by atoms with Crippen molar-refractivity contribution >= 4 is 11.6 Å². The van der Waals surface area contributed by atoms with Crippen LogP contribution >= 0.6 is 0 Å². The van der Waals surface area contributed by atoms with E-state index in [1.807, 2.05) is 0 Å². The smallest absolute Gasteiger partial charge is 0.285 e. The van der Waals surface area contributed by atoms with E-state index in [9.17, 15) is 23.7 Å². The van der Waals surface area contributed by atoms with E-state index in [1.54, 1.807) is 12.1 Å². The molecule has 1 aromatic rings. The molecule has 0 heterocycles. The van der Waals surface area contributed by atoms with Gasteiger partial charge in [0.1, 0.15) is 18.7 Å². The highest BCUT2D eigenvalue weighted by atomic mass is 19.2. The van der Waals surface area contributed by atoms with Crippen molar-refractivity contribution in [1.82, 2.24) is 4.90 Å². The Hall–Kier alpha value is -3.07. The van der Waals surface area contributed by atoms with Crippen LogP contribution in [0.5, 0.6) is 0 Å². The average Bonchev–Trinajstić information content (AvgIpc) is 2.40. The summed E-state index contributed by atoms with van der Waals surface area (Å²) in [5.41, 5.74) is -1.66. The van der Waals surface area contributed by atoms with Gasteiger partial charge in [-0.2, -0.15) is 10.5 Å². The highest BCUT2D eigenvalue weighted by molar-refractivity contribution is 5.98. The third kappa shape index (κ3) is 3.03. The molecule has 0 N–H and O–H groups in total. The van der Waals surface area contributed by atoms with Gasteiger partial charge < -0.3 is 4.90 Å². The Balaban J connectivity index is 3.34. The van der Waals surface area contributed by atoms with Crippen molar-refractivity contribution in [2.24, 2.45) is 0 Å². The molecule has 0 saturated carbocycles. The summed E-state index contributed by atoms with van der Waals surface area (Å²) < 4.78 is 26.1. The molecule has 0 aliphatic rings. The van der Waals surface area contributed by atoms with Crippen LogP contribution < -0.4 is 0 Å². The van der Waals surface area contributed by atoms with Gasteiger partial charge in [-0.25, -0.2) is 8.78 Å². The van der Waals surface area contributed by atoms with E-state index in [4.69, 9.17) is 10.5 Å². The van der Waals surface area contributed by atoms with Crippen LogP contribution in [-0.4, -0.2) is 28.8 Å². The fourth-order valence-electron chi connectivity index (χ4n) is 1.40. The molecule has 0 unspecified atom stereocenters. The van der Waals surface area contributed by atoms with E-state index < -0.39 is 46.8 Å². The number of rotatable bonds is 4. The van der Waals surface area contributed by atoms with Crippen molar-refractivity contribution in [2.75, 3.05) is 13.1 Å². The topological polar surface area (TPSA) is 111 Å². The molecule has 1 rings (SSSR count). The Morgan fingerprint density at radius 3 is 2.20 bits per heavy atom. The molecule has 7 nitrogen and oxygen atoms in total. The minimum absolute atomic E-state index is 0.277. The molecule has 0 bridgehead atoms. The Bertz CT molecular complexity index is 632. The first-order valence-corrected chi connectivity index (χ1v) is 5.09. The first-order valence-electron chi connectivity index (χ1n) is 5.09. The van der Waals surface area contributed by atoms with Crippen molar-refractivity contribution in [3.63, 3.8) is 0 Å². The maximum Gasteiger partial charge on any atom is 0.285 e. The highest BCUT2D eigenvalue weighted by Crippen LogP contribution is 2.23. The first-order chi connectivity index (χ1) is 9.42. The molecule has 1 amide bonds. The maximum absolute atomic E-state index is 13.1. The third-order valence-electron chi connectivity index (χ3n) is 2.28. The summed E-state index contributed by atoms with van der Waals surface area (Å²) in [7, 11) is 0. The fraction of sp³-hybridized carbons (Fsp3) is 0.182. The molecule has 0 saturated heterocycles. The molecule has 0 aliphatic heterocycles. The van der Waals surface area contributed by atoms with Gasteiger partial charge in [0.25, 0.3) is 11.6 Å². The Morgan fingerprint density at radius 2 is 1.75 bits per heavy atom. The van der Waals surface area contributed by atoms with Crippen molar-refractivity contribution in [3.05, 3.63) is 39.4 Å². The monoisotopic (exact) mass is 280 g/mol. The third-order valence-corrected chi connectivity index (χ3v) is 2.28. The van der Waals surface area contributed by atoms with Gasteiger partial charge in [-0.1, -0.05) is 0 Å².